The Morgan fingerprint density at radius 1 is 1.16 bits per heavy atom. The van der Waals surface area contributed by atoms with Gasteiger partial charge in [0.1, 0.15) is 5.75 Å². The van der Waals surface area contributed by atoms with Crippen LogP contribution in [0.5, 0.6) is 5.75 Å². The molecule has 0 bridgehead atoms. The molecule has 5 nitrogen and oxygen atoms in total. The first-order valence-corrected chi connectivity index (χ1v) is 9.01. The van der Waals surface area contributed by atoms with E-state index >= 15 is 0 Å². The highest BCUT2D eigenvalue weighted by Gasteiger charge is 2.24. The van der Waals surface area contributed by atoms with E-state index in [-0.39, 0.29) is 11.5 Å². The number of para-hydroxylation sites is 1. The van der Waals surface area contributed by atoms with E-state index < -0.39 is 0 Å². The molecule has 2 N–H and O–H groups in total. The molecule has 142 valence electrons. The molecule has 0 aliphatic carbocycles. The van der Waals surface area contributed by atoms with Gasteiger partial charge in [0.2, 0.25) is 0 Å². The fourth-order valence-electron chi connectivity index (χ4n) is 2.65. The molecule has 5 heteroatoms. The quantitative estimate of drug-likeness (QED) is 0.558. The lowest BCUT2D eigenvalue weighted by Gasteiger charge is -2.28. The summed E-state index contributed by atoms with van der Waals surface area (Å²) in [6, 6.07) is 8.14. The van der Waals surface area contributed by atoms with Gasteiger partial charge in [0, 0.05) is 26.1 Å². The lowest BCUT2D eigenvalue weighted by atomic mass is 9.89. The Labute approximate surface area is 153 Å². The van der Waals surface area contributed by atoms with Crippen LogP contribution in [0.3, 0.4) is 0 Å². The average Bonchev–Trinajstić information content (AvgIpc) is 2.58. The summed E-state index contributed by atoms with van der Waals surface area (Å²) in [6.45, 7) is 13.0. The van der Waals surface area contributed by atoms with Crippen LogP contribution in [0, 0.1) is 5.41 Å². The van der Waals surface area contributed by atoms with Crippen molar-refractivity contribution in [1.82, 2.24) is 10.6 Å². The topological polar surface area (TPSA) is 54.9 Å². The van der Waals surface area contributed by atoms with E-state index in [4.69, 9.17) is 14.5 Å². The molecule has 2 unspecified atom stereocenters. The van der Waals surface area contributed by atoms with Crippen LogP contribution in [0.15, 0.2) is 29.3 Å². The van der Waals surface area contributed by atoms with Crippen molar-refractivity contribution >= 4 is 5.96 Å². The zero-order valence-corrected chi connectivity index (χ0v) is 16.8. The molecule has 2 atom stereocenters. The van der Waals surface area contributed by atoms with Gasteiger partial charge in [-0.1, -0.05) is 45.9 Å². The van der Waals surface area contributed by atoms with E-state index in [2.05, 4.69) is 51.3 Å². The number of nitrogens with zero attached hydrogens (tertiary/aromatic N) is 1. The van der Waals surface area contributed by atoms with Crippen LogP contribution in [0.25, 0.3) is 0 Å². The van der Waals surface area contributed by atoms with Gasteiger partial charge in [-0.05, 0) is 24.0 Å². The van der Waals surface area contributed by atoms with Crippen LogP contribution in [0.2, 0.25) is 0 Å². The van der Waals surface area contributed by atoms with E-state index in [0.717, 1.165) is 24.8 Å². The van der Waals surface area contributed by atoms with Gasteiger partial charge in [0.25, 0.3) is 0 Å². The van der Waals surface area contributed by atoms with Gasteiger partial charge in [-0.3, -0.25) is 4.99 Å². The maximum absolute atomic E-state index is 5.59. The molecule has 1 rings (SSSR count). The van der Waals surface area contributed by atoms with Crippen LogP contribution in [-0.4, -0.2) is 45.9 Å². The molecule has 0 heterocycles. The minimum atomic E-state index is 0.0558. The fourth-order valence-corrected chi connectivity index (χ4v) is 2.65. The zero-order valence-electron chi connectivity index (χ0n) is 16.8. The van der Waals surface area contributed by atoms with Crippen LogP contribution < -0.4 is 15.4 Å². The van der Waals surface area contributed by atoms with Gasteiger partial charge in [0.05, 0.1) is 19.8 Å². The first kappa shape index (κ1) is 21.3. The van der Waals surface area contributed by atoms with Crippen LogP contribution in [0.1, 0.15) is 46.1 Å². The number of hydrogen-bond donors (Lipinski definition) is 2. The third-order valence-electron chi connectivity index (χ3n) is 4.26. The summed E-state index contributed by atoms with van der Waals surface area (Å²) < 4.78 is 11.1. The molecule has 0 spiro atoms. The van der Waals surface area contributed by atoms with Crippen molar-refractivity contribution in [2.75, 3.05) is 33.9 Å². The van der Waals surface area contributed by atoms with E-state index in [1.807, 2.05) is 18.2 Å². The summed E-state index contributed by atoms with van der Waals surface area (Å²) in [7, 11) is 3.46. The molecule has 0 aliphatic heterocycles. The van der Waals surface area contributed by atoms with Crippen molar-refractivity contribution in [2.45, 2.75) is 46.6 Å². The Morgan fingerprint density at radius 2 is 1.84 bits per heavy atom. The number of methoxy groups -OCH3 is 2. The third kappa shape index (κ3) is 6.94. The second-order valence-electron chi connectivity index (χ2n) is 7.33. The van der Waals surface area contributed by atoms with Crippen LogP contribution in [-0.2, 0) is 4.74 Å². The molecule has 0 radical (unpaired) electrons. The van der Waals surface area contributed by atoms with Crippen molar-refractivity contribution in [1.29, 1.82) is 0 Å². The normalized spacial score (nSPS) is 14.8. The summed E-state index contributed by atoms with van der Waals surface area (Å²) in [5, 5.41) is 6.73. The Hall–Kier alpha value is -1.75. The van der Waals surface area contributed by atoms with E-state index in [1.54, 1.807) is 14.2 Å². The van der Waals surface area contributed by atoms with Gasteiger partial charge < -0.3 is 20.1 Å². The van der Waals surface area contributed by atoms with Crippen molar-refractivity contribution in [3.63, 3.8) is 0 Å². The van der Waals surface area contributed by atoms with Gasteiger partial charge in [-0.15, -0.1) is 0 Å². The van der Waals surface area contributed by atoms with Crippen LogP contribution in [0.4, 0.5) is 0 Å². The Balaban J connectivity index is 2.73. The van der Waals surface area contributed by atoms with Crippen molar-refractivity contribution in [3.05, 3.63) is 29.8 Å². The SMILES string of the molecule is CCNC(=NCC(OC)C(C)(C)C)NCC(C)c1ccccc1OC. The van der Waals surface area contributed by atoms with E-state index in [9.17, 15) is 0 Å². The molecule has 0 saturated heterocycles. The largest absolute Gasteiger partial charge is 0.496 e. The molecule has 1 aromatic rings. The van der Waals surface area contributed by atoms with Crippen molar-refractivity contribution < 1.29 is 9.47 Å². The monoisotopic (exact) mass is 349 g/mol. The number of ether oxygens (including phenoxy) is 2. The predicted octanol–water partition coefficient (Wildman–Crippen LogP) is 3.41. The summed E-state index contributed by atoms with van der Waals surface area (Å²) in [6.07, 6.45) is 0.0783. The van der Waals surface area contributed by atoms with Crippen molar-refractivity contribution in [3.8, 4) is 5.75 Å². The molecular formula is C20H35N3O2. The number of hydrogen-bond acceptors (Lipinski definition) is 3. The molecule has 0 saturated carbocycles. The molecular weight excluding hydrogens is 314 g/mol. The van der Waals surface area contributed by atoms with Gasteiger partial charge in [-0.2, -0.15) is 0 Å². The summed E-state index contributed by atoms with van der Waals surface area (Å²) in [5.41, 5.74) is 1.25. The lowest BCUT2D eigenvalue weighted by molar-refractivity contribution is 0.0241. The first-order chi connectivity index (χ1) is 11.8. The highest BCUT2D eigenvalue weighted by molar-refractivity contribution is 5.79. The molecule has 0 aliphatic rings. The number of aliphatic imine (C=N–C) groups is 1. The second kappa shape index (κ2) is 10.3. The number of nitrogens with one attached hydrogen (secondary N) is 2. The third-order valence-corrected chi connectivity index (χ3v) is 4.26. The molecule has 0 fully saturated rings. The fraction of sp³-hybridized carbons (Fsp3) is 0.650. The van der Waals surface area contributed by atoms with Crippen LogP contribution >= 0.6 is 0 Å². The minimum Gasteiger partial charge on any atom is -0.496 e. The average molecular weight is 350 g/mol. The maximum Gasteiger partial charge on any atom is 0.191 e. The second-order valence-corrected chi connectivity index (χ2v) is 7.33. The highest BCUT2D eigenvalue weighted by Crippen LogP contribution is 2.25. The lowest BCUT2D eigenvalue weighted by Crippen LogP contribution is -2.40. The Kier molecular flexibility index (Phi) is 8.76. The Bertz CT molecular complexity index is 538. The predicted molar refractivity (Wildman–Crippen MR) is 106 cm³/mol. The Morgan fingerprint density at radius 3 is 2.40 bits per heavy atom. The van der Waals surface area contributed by atoms with Crippen molar-refractivity contribution in [2.24, 2.45) is 10.4 Å². The molecule has 0 aromatic heterocycles. The standard InChI is InChI=1S/C20H35N3O2/c1-8-21-19(23-14-18(25-7)20(3,4)5)22-13-15(2)16-11-9-10-12-17(16)24-6/h9-12,15,18H,8,13-14H2,1-7H3,(H2,21,22,23). The van der Waals surface area contributed by atoms with Gasteiger partial charge in [-0.25, -0.2) is 0 Å². The smallest absolute Gasteiger partial charge is 0.191 e. The summed E-state index contributed by atoms with van der Waals surface area (Å²) in [4.78, 5) is 4.70. The number of guanidine groups is 1. The first-order valence-electron chi connectivity index (χ1n) is 9.01. The number of rotatable bonds is 8. The highest BCUT2D eigenvalue weighted by atomic mass is 16.5. The van der Waals surface area contributed by atoms with E-state index in [0.29, 0.717) is 12.5 Å². The zero-order chi connectivity index (χ0) is 18.9. The number of benzene rings is 1. The molecule has 25 heavy (non-hydrogen) atoms. The molecule has 0 amide bonds. The van der Waals surface area contributed by atoms with Gasteiger partial charge >= 0.3 is 0 Å². The minimum absolute atomic E-state index is 0.0558. The summed E-state index contributed by atoms with van der Waals surface area (Å²) >= 11 is 0. The maximum atomic E-state index is 5.59. The van der Waals surface area contributed by atoms with Gasteiger partial charge in [0.15, 0.2) is 5.96 Å². The summed E-state index contributed by atoms with van der Waals surface area (Å²) in [5.74, 6) is 2.04. The van der Waals surface area contributed by atoms with E-state index in [1.165, 1.54) is 5.56 Å². The molecule has 1 aromatic carbocycles.